The number of nitrogens with two attached hydrogens (primary N) is 1. The van der Waals surface area contributed by atoms with Gasteiger partial charge in [-0.3, -0.25) is 0 Å². The molecular weight excluding hydrogens is 344 g/mol. The molecule has 3 aliphatic rings. The highest BCUT2D eigenvalue weighted by atomic mass is 16.6. The number of hydrogen-bond acceptors (Lipinski definition) is 6. The van der Waals surface area contributed by atoms with Gasteiger partial charge in [-0.2, -0.15) is 0 Å². The molecule has 2 heterocycles. The fraction of sp³-hybridized carbons (Fsp3) is 0.571. The van der Waals surface area contributed by atoms with Crippen molar-refractivity contribution in [3.63, 3.8) is 0 Å². The highest BCUT2D eigenvalue weighted by Gasteiger charge is 2.52. The van der Waals surface area contributed by atoms with Gasteiger partial charge in [-0.1, -0.05) is 32.1 Å². The van der Waals surface area contributed by atoms with E-state index in [0.29, 0.717) is 17.9 Å². The lowest BCUT2D eigenvalue weighted by atomic mass is 9.69. The summed E-state index contributed by atoms with van der Waals surface area (Å²) in [6, 6.07) is 3.15. The Balaban J connectivity index is 1.78. The average Bonchev–Trinajstić information content (AvgIpc) is 2.88. The molecule has 0 fully saturated rings. The van der Waals surface area contributed by atoms with Crippen LogP contribution in [0.3, 0.4) is 0 Å². The first kappa shape index (κ1) is 18.5. The predicted octanol–water partition coefficient (Wildman–Crippen LogP) is 1.73. The van der Waals surface area contributed by atoms with Gasteiger partial charge in [0.1, 0.15) is 12.1 Å². The molecule has 2 aliphatic heterocycles. The molecule has 1 spiro atoms. The number of rotatable bonds is 3. The number of carbonyl (C=O) groups is 1. The summed E-state index contributed by atoms with van der Waals surface area (Å²) < 4.78 is 12.0. The molecule has 4 atom stereocenters. The zero-order valence-electron chi connectivity index (χ0n) is 16.1. The Morgan fingerprint density at radius 2 is 2.22 bits per heavy atom. The molecule has 146 valence electrons. The zero-order valence-corrected chi connectivity index (χ0v) is 16.1. The van der Waals surface area contributed by atoms with Gasteiger partial charge in [-0.25, -0.2) is 4.79 Å². The average molecular weight is 372 g/mol. The minimum Gasteiger partial charge on any atom is -0.485 e. The summed E-state index contributed by atoms with van der Waals surface area (Å²) in [5, 5.41) is 10.1. The molecule has 0 saturated heterocycles. The molecule has 27 heavy (non-hydrogen) atoms. The molecule has 1 aromatic rings. The van der Waals surface area contributed by atoms with E-state index in [-0.39, 0.29) is 17.4 Å². The lowest BCUT2D eigenvalue weighted by Gasteiger charge is -2.35. The minimum absolute atomic E-state index is 0.00604. The minimum atomic E-state index is -0.679. The number of aliphatic hydroxyl groups is 1. The van der Waals surface area contributed by atoms with Gasteiger partial charge < -0.3 is 25.2 Å². The topological polar surface area (TPSA) is 85.0 Å². The number of esters is 1. The van der Waals surface area contributed by atoms with Crippen LogP contribution in [0.15, 0.2) is 24.3 Å². The smallest absolute Gasteiger partial charge is 0.328 e. The fourth-order valence-corrected chi connectivity index (χ4v) is 4.45. The van der Waals surface area contributed by atoms with Gasteiger partial charge in [-0.15, -0.1) is 0 Å². The van der Waals surface area contributed by atoms with Crippen molar-refractivity contribution < 1.29 is 19.4 Å². The van der Waals surface area contributed by atoms with Crippen LogP contribution in [0.5, 0.6) is 11.5 Å². The monoisotopic (exact) mass is 372 g/mol. The quantitative estimate of drug-likeness (QED) is 0.478. The first-order chi connectivity index (χ1) is 12.8. The van der Waals surface area contributed by atoms with Crippen LogP contribution in [0, 0.1) is 5.92 Å². The normalized spacial score (nSPS) is 30.3. The largest absolute Gasteiger partial charge is 0.485 e. The molecule has 0 radical (unpaired) electrons. The van der Waals surface area contributed by atoms with Gasteiger partial charge in [0.15, 0.2) is 11.5 Å². The molecule has 0 amide bonds. The summed E-state index contributed by atoms with van der Waals surface area (Å²) in [4.78, 5) is 14.7. The molecule has 3 N–H and O–H groups in total. The number of benzene rings is 1. The van der Waals surface area contributed by atoms with E-state index in [1.165, 1.54) is 5.56 Å². The van der Waals surface area contributed by atoms with E-state index in [1.807, 2.05) is 32.1 Å². The Morgan fingerprint density at radius 3 is 2.96 bits per heavy atom. The molecule has 6 heteroatoms. The first-order valence-electron chi connectivity index (χ1n) is 9.68. The summed E-state index contributed by atoms with van der Waals surface area (Å²) in [6.45, 7) is 5.53. The van der Waals surface area contributed by atoms with E-state index in [4.69, 9.17) is 15.2 Å². The summed E-state index contributed by atoms with van der Waals surface area (Å²) >= 11 is 0. The van der Waals surface area contributed by atoms with Crippen molar-refractivity contribution in [3.8, 4) is 11.5 Å². The van der Waals surface area contributed by atoms with E-state index in [1.54, 1.807) is 0 Å². The van der Waals surface area contributed by atoms with Gasteiger partial charge in [-0.05, 0) is 37.6 Å². The van der Waals surface area contributed by atoms with E-state index in [2.05, 4.69) is 18.0 Å². The summed E-state index contributed by atoms with van der Waals surface area (Å²) in [7, 11) is 2.11. The molecule has 0 bridgehead atoms. The van der Waals surface area contributed by atoms with Crippen molar-refractivity contribution in [1.29, 1.82) is 0 Å². The lowest BCUT2D eigenvalue weighted by Crippen LogP contribution is -2.42. The molecule has 0 aromatic heterocycles. The van der Waals surface area contributed by atoms with Crippen LogP contribution in [0.2, 0.25) is 0 Å². The van der Waals surface area contributed by atoms with Crippen LogP contribution in [0.1, 0.15) is 37.8 Å². The van der Waals surface area contributed by atoms with Crippen LogP contribution >= 0.6 is 0 Å². The molecular formula is C21H28N2O4. The highest BCUT2D eigenvalue weighted by molar-refractivity contribution is 5.79. The third-order valence-electron chi connectivity index (χ3n) is 6.13. The standard InChI is InChI=1S/C21H28N2O4/c1-12(2)18(22)20(25)26-15-5-4-13-11-23(3)9-8-21-7-6-14(24)10-16(21)27-19(15)17(13)21/h4-7,12,14,16,18,24H,8-11,22H2,1-3H3/t14-,16-,18-,21-/m0/s1. The number of nitrogens with zero attached hydrogens (tertiary/aromatic N) is 1. The maximum atomic E-state index is 12.4. The van der Waals surface area contributed by atoms with E-state index >= 15 is 0 Å². The third kappa shape index (κ3) is 2.96. The van der Waals surface area contributed by atoms with E-state index in [9.17, 15) is 9.90 Å². The summed E-state index contributed by atoms with van der Waals surface area (Å²) in [5.74, 6) is 0.607. The second-order valence-corrected chi connectivity index (χ2v) is 8.41. The maximum Gasteiger partial charge on any atom is 0.328 e. The SMILES string of the molecule is CC(C)[C@H](N)C(=O)Oc1ccc2c3c1O[C@H]1C[C@@H](O)C=C[C@@]31CCN(C)C2. The van der Waals surface area contributed by atoms with Gasteiger partial charge in [0.2, 0.25) is 0 Å². The van der Waals surface area contributed by atoms with Crippen molar-refractivity contribution in [2.45, 2.75) is 56.9 Å². The number of hydrogen-bond donors (Lipinski definition) is 2. The van der Waals surface area contributed by atoms with Gasteiger partial charge >= 0.3 is 5.97 Å². The number of aliphatic hydroxyl groups excluding tert-OH is 1. The fourth-order valence-electron chi connectivity index (χ4n) is 4.45. The van der Waals surface area contributed by atoms with Crippen molar-refractivity contribution in [1.82, 2.24) is 4.90 Å². The Kier molecular flexibility index (Phi) is 4.53. The van der Waals surface area contributed by atoms with Crippen molar-refractivity contribution in [3.05, 3.63) is 35.4 Å². The molecule has 4 rings (SSSR count). The van der Waals surface area contributed by atoms with Gasteiger partial charge in [0.05, 0.1) is 11.5 Å². The highest BCUT2D eigenvalue weighted by Crippen LogP contribution is 2.55. The Labute approximate surface area is 159 Å². The van der Waals surface area contributed by atoms with Gasteiger partial charge in [0, 0.05) is 18.5 Å². The summed E-state index contributed by atoms with van der Waals surface area (Å²) in [5.41, 5.74) is 7.96. The van der Waals surface area contributed by atoms with Crippen molar-refractivity contribution in [2.75, 3.05) is 13.6 Å². The number of ether oxygens (including phenoxy) is 2. The van der Waals surface area contributed by atoms with Crippen LogP contribution in [0.25, 0.3) is 0 Å². The number of carbonyl (C=O) groups excluding carboxylic acids is 1. The third-order valence-corrected chi connectivity index (χ3v) is 6.13. The van der Waals surface area contributed by atoms with Crippen LogP contribution in [-0.4, -0.2) is 47.8 Å². The Hall–Kier alpha value is -1.89. The molecule has 1 aromatic carbocycles. The van der Waals surface area contributed by atoms with Crippen LogP contribution in [-0.2, 0) is 16.8 Å². The van der Waals surface area contributed by atoms with Crippen LogP contribution < -0.4 is 15.2 Å². The van der Waals surface area contributed by atoms with Gasteiger partial charge in [0.25, 0.3) is 0 Å². The molecule has 1 aliphatic carbocycles. The Bertz CT molecular complexity index is 791. The maximum absolute atomic E-state index is 12.4. The van der Waals surface area contributed by atoms with E-state index < -0.39 is 18.1 Å². The van der Waals surface area contributed by atoms with Crippen molar-refractivity contribution >= 4 is 5.97 Å². The zero-order chi connectivity index (χ0) is 19.3. The Morgan fingerprint density at radius 1 is 1.44 bits per heavy atom. The second kappa shape index (κ2) is 6.62. The molecule has 0 unspecified atom stereocenters. The van der Waals surface area contributed by atoms with Crippen LogP contribution in [0.4, 0.5) is 0 Å². The molecule has 0 saturated carbocycles. The molecule has 6 nitrogen and oxygen atoms in total. The first-order valence-corrected chi connectivity index (χ1v) is 9.68. The lowest BCUT2D eigenvalue weighted by molar-refractivity contribution is -0.137. The van der Waals surface area contributed by atoms with Crippen molar-refractivity contribution in [2.24, 2.45) is 11.7 Å². The second-order valence-electron chi connectivity index (χ2n) is 8.41. The summed E-state index contributed by atoms with van der Waals surface area (Å²) in [6.07, 6.45) is 4.74. The van der Waals surface area contributed by atoms with E-state index in [0.717, 1.165) is 25.1 Å². The predicted molar refractivity (Wildman–Crippen MR) is 102 cm³/mol.